The average molecular weight is 291 g/mol. The summed E-state index contributed by atoms with van der Waals surface area (Å²) in [5, 5.41) is 3.65. The zero-order valence-electron chi connectivity index (χ0n) is 13.0. The minimum absolute atomic E-state index is 0.0841. The maximum Gasteiger partial charge on any atom is 0.130 e. The van der Waals surface area contributed by atoms with Crippen molar-refractivity contribution in [2.75, 3.05) is 0 Å². The van der Waals surface area contributed by atoms with E-state index in [9.17, 15) is 0 Å². The Kier molecular flexibility index (Phi) is 4.35. The molecule has 112 valence electrons. The first-order valence-electron chi connectivity index (χ1n) is 7.56. The number of benzene rings is 2. The Morgan fingerprint density at radius 1 is 1.05 bits per heavy atom. The van der Waals surface area contributed by atoms with Crippen LogP contribution < -0.4 is 5.32 Å². The van der Waals surface area contributed by atoms with E-state index in [1.165, 1.54) is 16.7 Å². The molecule has 3 nitrogen and oxygen atoms in total. The molecule has 3 heteroatoms. The summed E-state index contributed by atoms with van der Waals surface area (Å²) in [6.07, 6.45) is 3.83. The summed E-state index contributed by atoms with van der Waals surface area (Å²) < 4.78 is 2.07. The van der Waals surface area contributed by atoms with Crippen molar-refractivity contribution in [1.82, 2.24) is 14.9 Å². The Hall–Kier alpha value is -2.39. The molecule has 1 N–H and O–H groups in total. The first-order valence-corrected chi connectivity index (χ1v) is 7.56. The number of hydrogen-bond acceptors (Lipinski definition) is 2. The van der Waals surface area contributed by atoms with E-state index in [-0.39, 0.29) is 6.04 Å². The highest BCUT2D eigenvalue weighted by atomic mass is 15.1. The number of nitrogens with zero attached hydrogens (tertiary/aromatic N) is 2. The van der Waals surface area contributed by atoms with E-state index < -0.39 is 0 Å². The van der Waals surface area contributed by atoms with Gasteiger partial charge in [-0.25, -0.2) is 4.98 Å². The first kappa shape index (κ1) is 14.5. The molecule has 0 aliphatic heterocycles. The number of aryl methyl sites for hydroxylation is 2. The molecular formula is C19H21N3. The van der Waals surface area contributed by atoms with E-state index in [1.54, 1.807) is 0 Å². The van der Waals surface area contributed by atoms with Crippen LogP contribution in [0.3, 0.4) is 0 Å². The Labute approximate surface area is 131 Å². The van der Waals surface area contributed by atoms with Crippen LogP contribution in [0.25, 0.3) is 0 Å². The maximum atomic E-state index is 4.53. The van der Waals surface area contributed by atoms with Crippen LogP contribution in [0.4, 0.5) is 0 Å². The summed E-state index contributed by atoms with van der Waals surface area (Å²) in [6.45, 7) is 2.97. The minimum atomic E-state index is 0.0841. The monoisotopic (exact) mass is 291 g/mol. The molecule has 1 atom stereocenters. The average Bonchev–Trinajstić information content (AvgIpc) is 2.96. The molecule has 0 saturated carbocycles. The van der Waals surface area contributed by atoms with Crippen molar-refractivity contribution >= 4 is 0 Å². The van der Waals surface area contributed by atoms with Gasteiger partial charge < -0.3 is 4.57 Å². The molecule has 3 rings (SSSR count). The first-order chi connectivity index (χ1) is 10.8. The van der Waals surface area contributed by atoms with Gasteiger partial charge in [-0.1, -0.05) is 54.6 Å². The van der Waals surface area contributed by atoms with Crippen molar-refractivity contribution in [2.45, 2.75) is 19.5 Å². The second-order valence-electron chi connectivity index (χ2n) is 5.55. The molecule has 1 aromatic heterocycles. The number of aromatic nitrogens is 2. The lowest BCUT2D eigenvalue weighted by Gasteiger charge is -2.20. The van der Waals surface area contributed by atoms with Crippen LogP contribution in [0, 0.1) is 6.92 Å². The molecule has 0 fully saturated rings. The van der Waals surface area contributed by atoms with Crippen molar-refractivity contribution in [1.29, 1.82) is 0 Å². The smallest absolute Gasteiger partial charge is 0.130 e. The second kappa shape index (κ2) is 6.58. The third kappa shape index (κ3) is 3.10. The summed E-state index contributed by atoms with van der Waals surface area (Å²) in [5.41, 5.74) is 3.85. The SMILES string of the molecule is Cc1ccccc1CN[C@H](c1ccccc1)c1nccn1C. The largest absolute Gasteiger partial charge is 0.336 e. The lowest BCUT2D eigenvalue weighted by Crippen LogP contribution is -2.25. The van der Waals surface area contributed by atoms with E-state index in [1.807, 2.05) is 25.5 Å². The van der Waals surface area contributed by atoms with E-state index in [4.69, 9.17) is 0 Å². The van der Waals surface area contributed by atoms with Crippen LogP contribution in [0.2, 0.25) is 0 Å². The van der Waals surface area contributed by atoms with Gasteiger partial charge in [-0.2, -0.15) is 0 Å². The van der Waals surface area contributed by atoms with Gasteiger partial charge in [-0.05, 0) is 23.6 Å². The summed E-state index contributed by atoms with van der Waals surface area (Å²) in [7, 11) is 2.04. The lowest BCUT2D eigenvalue weighted by molar-refractivity contribution is 0.557. The summed E-state index contributed by atoms with van der Waals surface area (Å²) in [5.74, 6) is 1.03. The fourth-order valence-electron chi connectivity index (χ4n) is 2.68. The molecule has 3 aromatic rings. The van der Waals surface area contributed by atoms with Gasteiger partial charge in [-0.15, -0.1) is 0 Å². The molecular weight excluding hydrogens is 270 g/mol. The zero-order chi connectivity index (χ0) is 15.4. The standard InChI is InChI=1S/C19H21N3/c1-15-8-6-7-11-17(15)14-21-18(16-9-4-3-5-10-16)19-20-12-13-22(19)2/h3-13,18,21H,14H2,1-2H3/t18-/m1/s1. The predicted octanol–water partition coefficient (Wildman–Crippen LogP) is 3.61. The Balaban J connectivity index is 1.87. The predicted molar refractivity (Wildman–Crippen MR) is 89.5 cm³/mol. The van der Waals surface area contributed by atoms with Crippen LogP contribution in [-0.2, 0) is 13.6 Å². The molecule has 0 aliphatic rings. The van der Waals surface area contributed by atoms with E-state index in [0.717, 1.165) is 12.4 Å². The van der Waals surface area contributed by atoms with Gasteiger partial charge in [0.1, 0.15) is 5.82 Å². The highest BCUT2D eigenvalue weighted by molar-refractivity contribution is 5.28. The lowest BCUT2D eigenvalue weighted by atomic mass is 10.0. The fourth-order valence-corrected chi connectivity index (χ4v) is 2.68. The highest BCUT2D eigenvalue weighted by Crippen LogP contribution is 2.21. The quantitative estimate of drug-likeness (QED) is 0.778. The molecule has 22 heavy (non-hydrogen) atoms. The van der Waals surface area contributed by atoms with Crippen molar-refractivity contribution in [3.05, 3.63) is 89.5 Å². The van der Waals surface area contributed by atoms with Gasteiger partial charge >= 0.3 is 0 Å². The number of rotatable bonds is 5. The van der Waals surface area contributed by atoms with Crippen LogP contribution in [0.1, 0.15) is 28.6 Å². The van der Waals surface area contributed by atoms with Crippen molar-refractivity contribution in [2.24, 2.45) is 7.05 Å². The molecule has 0 spiro atoms. The molecule has 0 radical (unpaired) electrons. The Morgan fingerprint density at radius 2 is 1.77 bits per heavy atom. The normalized spacial score (nSPS) is 12.3. The third-order valence-electron chi connectivity index (χ3n) is 4.01. The molecule has 0 saturated heterocycles. The molecule has 2 aromatic carbocycles. The van der Waals surface area contributed by atoms with Crippen molar-refractivity contribution in [3.8, 4) is 0 Å². The second-order valence-corrected chi connectivity index (χ2v) is 5.55. The molecule has 0 amide bonds. The highest BCUT2D eigenvalue weighted by Gasteiger charge is 2.17. The van der Waals surface area contributed by atoms with Gasteiger partial charge in [0.05, 0.1) is 6.04 Å². The van der Waals surface area contributed by atoms with Crippen molar-refractivity contribution in [3.63, 3.8) is 0 Å². The van der Waals surface area contributed by atoms with Crippen molar-refractivity contribution < 1.29 is 0 Å². The van der Waals surface area contributed by atoms with Crippen LogP contribution in [0.5, 0.6) is 0 Å². The van der Waals surface area contributed by atoms with E-state index >= 15 is 0 Å². The Morgan fingerprint density at radius 3 is 2.45 bits per heavy atom. The van der Waals surface area contributed by atoms with Gasteiger partial charge in [0.25, 0.3) is 0 Å². The number of imidazole rings is 1. The third-order valence-corrected chi connectivity index (χ3v) is 4.01. The van der Waals surface area contributed by atoms with Gasteiger partial charge in [0, 0.05) is 26.0 Å². The van der Waals surface area contributed by atoms with Gasteiger partial charge in [0.2, 0.25) is 0 Å². The minimum Gasteiger partial charge on any atom is -0.336 e. The molecule has 0 aliphatic carbocycles. The molecule has 0 unspecified atom stereocenters. The van der Waals surface area contributed by atoms with Crippen LogP contribution >= 0.6 is 0 Å². The topological polar surface area (TPSA) is 29.9 Å². The zero-order valence-corrected chi connectivity index (χ0v) is 13.0. The van der Waals surface area contributed by atoms with Gasteiger partial charge in [0.15, 0.2) is 0 Å². The van der Waals surface area contributed by atoms with E-state index in [0.29, 0.717) is 0 Å². The maximum absolute atomic E-state index is 4.53. The fraction of sp³-hybridized carbons (Fsp3) is 0.211. The van der Waals surface area contributed by atoms with Crippen LogP contribution in [-0.4, -0.2) is 9.55 Å². The van der Waals surface area contributed by atoms with E-state index in [2.05, 4.69) is 70.3 Å². The molecule has 1 heterocycles. The Bertz CT molecular complexity index is 731. The summed E-state index contributed by atoms with van der Waals surface area (Å²) in [4.78, 5) is 4.53. The van der Waals surface area contributed by atoms with Crippen LogP contribution in [0.15, 0.2) is 67.0 Å². The van der Waals surface area contributed by atoms with Gasteiger partial charge in [-0.3, -0.25) is 5.32 Å². The summed E-state index contributed by atoms with van der Waals surface area (Å²) in [6, 6.07) is 19.0. The molecule has 0 bridgehead atoms. The number of hydrogen-bond donors (Lipinski definition) is 1. The summed E-state index contributed by atoms with van der Waals surface area (Å²) >= 11 is 0. The number of nitrogens with one attached hydrogen (secondary N) is 1.